The highest BCUT2D eigenvalue weighted by atomic mass is 32.2. The molecule has 0 bridgehead atoms. The number of fused-ring (bicyclic) bond motifs is 5. The molecule has 1 aliphatic heterocycles. The Hall–Kier alpha value is -3.37. The van der Waals surface area contributed by atoms with Crippen molar-refractivity contribution in [1.82, 2.24) is 0 Å². The minimum absolute atomic E-state index is 0.267. The van der Waals surface area contributed by atoms with Crippen LogP contribution in [0.5, 0.6) is 0 Å². The Morgan fingerprint density at radius 1 is 0.938 bits per heavy atom. The zero-order valence-corrected chi connectivity index (χ0v) is 18.4. The van der Waals surface area contributed by atoms with Gasteiger partial charge in [0.1, 0.15) is 0 Å². The molecule has 2 aliphatic carbocycles. The summed E-state index contributed by atoms with van der Waals surface area (Å²) in [5.41, 5.74) is 4.15. The molecule has 4 heteroatoms. The minimum Gasteiger partial charge on any atom is -0.478 e. The third kappa shape index (κ3) is 4.06. The molecular formula is C28H23NO2S. The molecule has 0 amide bonds. The lowest BCUT2D eigenvalue weighted by atomic mass is 9.89. The Morgan fingerprint density at radius 2 is 1.84 bits per heavy atom. The second kappa shape index (κ2) is 9.01. The molecule has 0 atom stereocenters. The van der Waals surface area contributed by atoms with Crippen LogP contribution in [0.25, 0.3) is 12.2 Å². The van der Waals surface area contributed by atoms with E-state index >= 15 is 0 Å². The van der Waals surface area contributed by atoms with E-state index in [1.165, 1.54) is 51.9 Å². The summed E-state index contributed by atoms with van der Waals surface area (Å²) in [5, 5.41) is 16.4. The van der Waals surface area contributed by atoms with Crippen LogP contribution in [0.3, 0.4) is 0 Å². The Labute approximate surface area is 190 Å². The zero-order valence-electron chi connectivity index (χ0n) is 17.6. The lowest BCUT2D eigenvalue weighted by Gasteiger charge is -2.16. The van der Waals surface area contributed by atoms with Crippen LogP contribution in [0.2, 0.25) is 0 Å². The quantitative estimate of drug-likeness (QED) is 0.574. The topological polar surface area (TPSA) is 49.7 Å². The van der Waals surface area contributed by atoms with Gasteiger partial charge in [0.05, 0.1) is 11.3 Å². The molecule has 1 heterocycles. The van der Waals surface area contributed by atoms with Crippen molar-refractivity contribution >= 4 is 41.8 Å². The van der Waals surface area contributed by atoms with E-state index in [1.54, 1.807) is 35.5 Å². The molecule has 0 spiro atoms. The second-order valence-electron chi connectivity index (χ2n) is 7.96. The van der Waals surface area contributed by atoms with Gasteiger partial charge in [-0.2, -0.15) is 0 Å². The molecule has 32 heavy (non-hydrogen) atoms. The Kier molecular flexibility index (Phi) is 5.78. The van der Waals surface area contributed by atoms with E-state index in [4.69, 9.17) is 5.11 Å². The third-order valence-corrected chi connectivity index (χ3v) is 6.91. The number of carboxylic acids is 1. The number of allylic oxidation sites excluding steroid dienone is 1. The number of carboxylic acid groups (broad SMARTS) is 1. The number of aromatic carboxylic acids is 1. The highest BCUT2D eigenvalue weighted by Gasteiger charge is 2.11. The third-order valence-electron chi connectivity index (χ3n) is 6.02. The molecule has 3 aliphatic rings. The number of aliphatic imine (C=N–C) groups is 1. The number of hydrogen-bond acceptors (Lipinski definition) is 3. The summed E-state index contributed by atoms with van der Waals surface area (Å²) in [7, 11) is 0. The first-order chi connectivity index (χ1) is 15.7. The Morgan fingerprint density at radius 3 is 2.75 bits per heavy atom. The first kappa shape index (κ1) is 20.5. The van der Waals surface area contributed by atoms with Crippen molar-refractivity contribution in [2.45, 2.75) is 30.6 Å². The predicted octanol–water partition coefficient (Wildman–Crippen LogP) is 5.13. The standard InChI is InChI=1S/C18H16.C10H7NO2S/c1-3-7-15-13(5-1)9-11-18-16-8-4-2-6-14(16)10-12-17(15)18;12-10(13)7-2-3-9-8(6-7)11-4-1-5-14-9/h1,3,5-7,9-10,12H,2,4,8,11H2;1-6H,(H,12,13). The van der Waals surface area contributed by atoms with Gasteiger partial charge in [0.25, 0.3) is 0 Å². The van der Waals surface area contributed by atoms with E-state index in [9.17, 15) is 4.79 Å². The number of rotatable bonds is 1. The summed E-state index contributed by atoms with van der Waals surface area (Å²) < 4.78 is 0. The van der Waals surface area contributed by atoms with Crippen LogP contribution in [0.4, 0.5) is 5.69 Å². The van der Waals surface area contributed by atoms with Gasteiger partial charge in [0, 0.05) is 11.1 Å². The molecular weight excluding hydrogens is 414 g/mol. The van der Waals surface area contributed by atoms with E-state index in [1.807, 2.05) is 11.5 Å². The van der Waals surface area contributed by atoms with Crippen LogP contribution in [0.15, 0.2) is 76.0 Å². The molecule has 1 N–H and O–H groups in total. The summed E-state index contributed by atoms with van der Waals surface area (Å²) >= 11 is 1.53. The van der Waals surface area contributed by atoms with Gasteiger partial charge in [0.2, 0.25) is 0 Å². The summed E-state index contributed by atoms with van der Waals surface area (Å²) in [6.07, 6.45) is 13.2. The fraction of sp³-hybridized carbons (Fsp3) is 0.143. The normalized spacial score (nSPS) is 14.8. The van der Waals surface area contributed by atoms with Crippen molar-refractivity contribution in [3.05, 3.63) is 104 Å². The maximum absolute atomic E-state index is 10.7. The number of thioether (sulfide) groups is 1. The van der Waals surface area contributed by atoms with Crippen molar-refractivity contribution in [1.29, 1.82) is 0 Å². The Balaban J connectivity index is 0.000000140. The van der Waals surface area contributed by atoms with Crippen molar-refractivity contribution in [2.24, 2.45) is 4.99 Å². The average Bonchev–Trinajstić information content (AvgIpc) is 3.09. The SMILES string of the molecule is C1=c2ccc3c(c2CCC1)CC=c1ccccc1=3.O=C(O)c1ccc2c(c1)N=CC=CS2. The smallest absolute Gasteiger partial charge is 0.335 e. The minimum atomic E-state index is -0.926. The molecule has 0 saturated carbocycles. The van der Waals surface area contributed by atoms with E-state index in [2.05, 4.69) is 53.5 Å². The highest BCUT2D eigenvalue weighted by Crippen LogP contribution is 2.32. The first-order valence-electron chi connectivity index (χ1n) is 10.8. The van der Waals surface area contributed by atoms with Crippen LogP contribution < -0.4 is 10.4 Å². The summed E-state index contributed by atoms with van der Waals surface area (Å²) in [4.78, 5) is 15.8. The van der Waals surface area contributed by atoms with E-state index in [0.717, 1.165) is 11.3 Å². The number of carbonyl (C=O) groups is 1. The molecule has 0 unspecified atom stereocenters. The van der Waals surface area contributed by atoms with E-state index in [-0.39, 0.29) is 5.56 Å². The van der Waals surface area contributed by atoms with Gasteiger partial charge in [0.15, 0.2) is 0 Å². The van der Waals surface area contributed by atoms with Gasteiger partial charge >= 0.3 is 5.97 Å². The number of nitrogens with zero attached hydrogens (tertiary/aromatic N) is 1. The van der Waals surface area contributed by atoms with Crippen molar-refractivity contribution in [2.75, 3.05) is 0 Å². The Bertz CT molecular complexity index is 1480. The zero-order chi connectivity index (χ0) is 21.9. The first-order valence-corrected chi connectivity index (χ1v) is 11.7. The molecule has 0 aromatic heterocycles. The van der Waals surface area contributed by atoms with Gasteiger partial charge in [-0.1, -0.05) is 60.3 Å². The van der Waals surface area contributed by atoms with Crippen LogP contribution >= 0.6 is 11.8 Å². The number of benzene rings is 3. The highest BCUT2D eigenvalue weighted by molar-refractivity contribution is 8.02. The number of hydrogen-bond donors (Lipinski definition) is 1. The monoisotopic (exact) mass is 437 g/mol. The van der Waals surface area contributed by atoms with Crippen LogP contribution in [0, 0.1) is 10.4 Å². The summed E-state index contributed by atoms with van der Waals surface area (Å²) in [6, 6.07) is 18.3. The average molecular weight is 438 g/mol. The molecule has 3 aromatic rings. The molecule has 6 rings (SSSR count). The lowest BCUT2D eigenvalue weighted by Crippen LogP contribution is -2.19. The van der Waals surface area contributed by atoms with Gasteiger partial charge < -0.3 is 5.11 Å². The fourth-order valence-corrected chi connectivity index (χ4v) is 5.15. The van der Waals surface area contributed by atoms with Crippen LogP contribution in [0.1, 0.15) is 34.3 Å². The molecule has 3 aromatic carbocycles. The maximum Gasteiger partial charge on any atom is 0.335 e. The van der Waals surface area contributed by atoms with Crippen molar-refractivity contribution in [3.63, 3.8) is 0 Å². The molecule has 0 radical (unpaired) electrons. The van der Waals surface area contributed by atoms with Crippen LogP contribution in [-0.4, -0.2) is 17.3 Å². The van der Waals surface area contributed by atoms with Crippen molar-refractivity contribution in [3.8, 4) is 0 Å². The second-order valence-corrected chi connectivity index (χ2v) is 8.91. The predicted molar refractivity (Wildman–Crippen MR) is 132 cm³/mol. The molecule has 0 saturated heterocycles. The molecule has 158 valence electrons. The van der Waals surface area contributed by atoms with Gasteiger partial charge in [-0.15, -0.1) is 0 Å². The van der Waals surface area contributed by atoms with E-state index in [0.29, 0.717) is 5.69 Å². The van der Waals surface area contributed by atoms with Gasteiger partial charge in [-0.25, -0.2) is 4.79 Å². The maximum atomic E-state index is 10.7. The van der Waals surface area contributed by atoms with Gasteiger partial charge in [-0.05, 0) is 87.4 Å². The van der Waals surface area contributed by atoms with Gasteiger partial charge in [-0.3, -0.25) is 4.99 Å². The van der Waals surface area contributed by atoms with Crippen molar-refractivity contribution < 1.29 is 9.90 Å². The van der Waals surface area contributed by atoms with E-state index < -0.39 is 5.97 Å². The summed E-state index contributed by atoms with van der Waals surface area (Å²) in [5.74, 6) is -0.926. The molecule has 0 fully saturated rings. The van der Waals surface area contributed by atoms with Crippen LogP contribution in [-0.2, 0) is 12.8 Å². The lowest BCUT2D eigenvalue weighted by molar-refractivity contribution is 0.0697. The summed E-state index contributed by atoms with van der Waals surface area (Å²) in [6.45, 7) is 0. The fourth-order valence-electron chi connectivity index (χ4n) is 4.47. The largest absolute Gasteiger partial charge is 0.478 e. The molecule has 3 nitrogen and oxygen atoms in total.